The maximum Gasteiger partial charge on any atom is 0.134 e. The number of aromatic nitrogens is 2. The van der Waals surface area contributed by atoms with E-state index in [9.17, 15) is 0 Å². The topological polar surface area (TPSA) is 21.1 Å². The minimum atomic E-state index is -0.592. The number of anilines is 3. The Morgan fingerprint density at radius 3 is 1.76 bits per heavy atom. The lowest BCUT2D eigenvalue weighted by molar-refractivity contribution is 0.660. The molecule has 3 aliphatic rings. The van der Waals surface area contributed by atoms with Crippen LogP contribution in [0.4, 0.5) is 17.1 Å². The first-order valence-corrected chi connectivity index (χ1v) is 21.6. The Morgan fingerprint density at radius 1 is 0.419 bits per heavy atom. The zero-order chi connectivity index (χ0) is 41.2. The highest BCUT2D eigenvalue weighted by Gasteiger charge is 2.55. The lowest BCUT2D eigenvalue weighted by Gasteiger charge is -2.30. The molecule has 0 radical (unpaired) electrons. The second kappa shape index (κ2) is 12.9. The molecule has 1 spiro atoms. The van der Waals surface area contributed by atoms with Gasteiger partial charge in [0.25, 0.3) is 0 Å². The van der Waals surface area contributed by atoms with Crippen LogP contribution in [0.3, 0.4) is 0 Å². The lowest BCUT2D eigenvalue weighted by Crippen LogP contribution is -2.27. The van der Waals surface area contributed by atoms with Gasteiger partial charge in [-0.15, -0.1) is 0 Å². The van der Waals surface area contributed by atoms with E-state index in [4.69, 9.17) is 4.98 Å². The van der Waals surface area contributed by atoms with Crippen LogP contribution in [-0.2, 0) is 10.8 Å². The molecule has 10 aromatic rings. The van der Waals surface area contributed by atoms with Gasteiger partial charge in [-0.2, -0.15) is 0 Å². The third kappa shape index (κ3) is 4.68. The highest BCUT2D eigenvalue weighted by molar-refractivity contribution is 5.99. The fraction of sp³-hybridized carbons (Fsp3) is 0.0678. The first-order valence-electron chi connectivity index (χ1n) is 21.6. The molecule has 0 N–H and O–H groups in total. The number of nitrogens with zero attached hydrogens (tertiary/aromatic N) is 3. The van der Waals surface area contributed by atoms with Crippen molar-refractivity contribution in [2.24, 2.45) is 0 Å². The van der Waals surface area contributed by atoms with Gasteiger partial charge in [-0.05, 0) is 121 Å². The fourth-order valence-electron chi connectivity index (χ4n) is 11.2. The quantitative estimate of drug-likeness (QED) is 0.173. The molecule has 1 aromatic heterocycles. The number of hydrogen-bond donors (Lipinski definition) is 0. The number of fused-ring (bicyclic) bond motifs is 15. The minimum Gasteiger partial charge on any atom is -0.310 e. The van der Waals surface area contributed by atoms with Crippen LogP contribution in [0.15, 0.2) is 212 Å². The summed E-state index contributed by atoms with van der Waals surface area (Å²) in [6.45, 7) is 4.71. The molecular formula is C59H41N3. The molecule has 9 aromatic carbocycles. The summed E-state index contributed by atoms with van der Waals surface area (Å²) in [5, 5.41) is 0. The van der Waals surface area contributed by atoms with Crippen molar-refractivity contribution in [1.82, 2.24) is 9.55 Å². The van der Waals surface area contributed by atoms with Gasteiger partial charge in [0.05, 0.1) is 22.4 Å². The molecule has 1 aliphatic heterocycles. The second-order valence-corrected chi connectivity index (χ2v) is 17.5. The Hall–Kier alpha value is -7.75. The Labute approximate surface area is 361 Å². The van der Waals surface area contributed by atoms with E-state index in [2.05, 4.69) is 236 Å². The third-order valence-electron chi connectivity index (χ3n) is 14.0. The van der Waals surface area contributed by atoms with E-state index in [0.29, 0.717) is 0 Å². The average molecular weight is 792 g/mol. The van der Waals surface area contributed by atoms with E-state index < -0.39 is 5.41 Å². The molecule has 2 aliphatic carbocycles. The number of imidazole rings is 1. The number of para-hydroxylation sites is 3. The fourth-order valence-corrected chi connectivity index (χ4v) is 11.2. The Kier molecular flexibility index (Phi) is 7.28. The molecule has 1 atom stereocenters. The number of benzene rings is 9. The normalized spacial score (nSPS) is 15.8. The van der Waals surface area contributed by atoms with Crippen molar-refractivity contribution in [2.45, 2.75) is 24.7 Å². The predicted octanol–water partition coefficient (Wildman–Crippen LogP) is 14.8. The van der Waals surface area contributed by atoms with Crippen molar-refractivity contribution in [1.29, 1.82) is 0 Å². The number of hydrogen-bond acceptors (Lipinski definition) is 2. The average Bonchev–Trinajstić information content (AvgIpc) is 4.02. The zero-order valence-electron chi connectivity index (χ0n) is 34.5. The van der Waals surface area contributed by atoms with Crippen LogP contribution in [0.5, 0.6) is 0 Å². The van der Waals surface area contributed by atoms with Gasteiger partial charge in [0.15, 0.2) is 0 Å². The predicted molar refractivity (Wildman–Crippen MR) is 255 cm³/mol. The molecule has 2 heterocycles. The number of rotatable bonds is 5. The summed E-state index contributed by atoms with van der Waals surface area (Å²) in [4.78, 5) is 7.96. The van der Waals surface area contributed by atoms with Gasteiger partial charge in [-0.1, -0.05) is 172 Å². The van der Waals surface area contributed by atoms with Crippen LogP contribution in [-0.4, -0.2) is 9.55 Å². The van der Waals surface area contributed by atoms with Gasteiger partial charge in [0, 0.05) is 22.4 Å². The molecule has 0 fully saturated rings. The first-order chi connectivity index (χ1) is 30.5. The van der Waals surface area contributed by atoms with Crippen molar-refractivity contribution in [3.63, 3.8) is 0 Å². The standard InChI is InChI=1S/C59H41N3/c1-58(2)47-19-8-6-17-44(47)45-36-31-41(37-51(45)58)40-29-34-43(35-30-40)61(42-32-27-39(28-33-42)38-15-4-3-5-16-38)55-26-14-22-50-56(55)46-18-7-9-20-48(46)59(50)49-21-10-12-24-53(49)62-54-25-13-11-23-52(54)60-57(59)62/h3-37H,1-2H3. The Balaban J connectivity index is 1.01. The molecule has 0 amide bonds. The van der Waals surface area contributed by atoms with E-state index >= 15 is 0 Å². The zero-order valence-corrected chi connectivity index (χ0v) is 34.5. The molecule has 0 saturated heterocycles. The van der Waals surface area contributed by atoms with Gasteiger partial charge < -0.3 is 4.90 Å². The molecule has 13 rings (SSSR count). The highest BCUT2D eigenvalue weighted by Crippen LogP contribution is 2.63. The molecule has 1 unspecified atom stereocenters. The summed E-state index contributed by atoms with van der Waals surface area (Å²) in [7, 11) is 0. The smallest absolute Gasteiger partial charge is 0.134 e. The molecule has 0 saturated carbocycles. The van der Waals surface area contributed by atoms with E-state index in [0.717, 1.165) is 33.9 Å². The van der Waals surface area contributed by atoms with E-state index in [1.54, 1.807) is 0 Å². The monoisotopic (exact) mass is 791 g/mol. The van der Waals surface area contributed by atoms with Gasteiger partial charge in [0.1, 0.15) is 11.2 Å². The highest BCUT2D eigenvalue weighted by atomic mass is 15.2. The van der Waals surface area contributed by atoms with E-state index in [1.807, 2.05) is 0 Å². The first kappa shape index (κ1) is 35.0. The lowest BCUT2D eigenvalue weighted by atomic mass is 9.73. The van der Waals surface area contributed by atoms with Crippen LogP contribution >= 0.6 is 0 Å². The van der Waals surface area contributed by atoms with Gasteiger partial charge in [-0.3, -0.25) is 4.57 Å². The third-order valence-corrected chi connectivity index (χ3v) is 14.0. The maximum atomic E-state index is 5.50. The van der Waals surface area contributed by atoms with Crippen LogP contribution in [0.25, 0.3) is 61.2 Å². The maximum absolute atomic E-state index is 5.50. The summed E-state index contributed by atoms with van der Waals surface area (Å²) in [6, 6.07) is 78.2. The minimum absolute atomic E-state index is 0.0599. The summed E-state index contributed by atoms with van der Waals surface area (Å²) < 4.78 is 2.40. The van der Waals surface area contributed by atoms with Crippen LogP contribution in [0.2, 0.25) is 0 Å². The van der Waals surface area contributed by atoms with E-state index in [1.165, 1.54) is 78.0 Å². The largest absolute Gasteiger partial charge is 0.310 e. The molecule has 3 heteroatoms. The van der Waals surface area contributed by atoms with E-state index in [-0.39, 0.29) is 5.41 Å². The summed E-state index contributed by atoms with van der Waals surface area (Å²) in [5.41, 5.74) is 22.5. The van der Waals surface area contributed by atoms with Gasteiger partial charge in [0.2, 0.25) is 0 Å². The van der Waals surface area contributed by atoms with Crippen molar-refractivity contribution < 1.29 is 0 Å². The van der Waals surface area contributed by atoms with Crippen LogP contribution < -0.4 is 4.90 Å². The summed E-state index contributed by atoms with van der Waals surface area (Å²) in [6.07, 6.45) is 0. The summed E-state index contributed by atoms with van der Waals surface area (Å²) in [5.74, 6) is 1.05. The van der Waals surface area contributed by atoms with Crippen LogP contribution in [0, 0.1) is 0 Å². The SMILES string of the molecule is CC1(C)c2ccccc2-c2ccc(-c3ccc(N(c4ccc(-c5ccccc5)cc4)c4cccc5c4-c4ccccc4C54c5ccccc5-n5c4nc4ccccc45)cc3)cc21. The molecule has 62 heavy (non-hydrogen) atoms. The molecule has 0 bridgehead atoms. The van der Waals surface area contributed by atoms with Gasteiger partial charge in [-0.25, -0.2) is 4.98 Å². The van der Waals surface area contributed by atoms with Crippen molar-refractivity contribution in [3.05, 3.63) is 246 Å². The Morgan fingerprint density at radius 2 is 0.984 bits per heavy atom. The van der Waals surface area contributed by atoms with Gasteiger partial charge >= 0.3 is 0 Å². The van der Waals surface area contributed by atoms with Crippen molar-refractivity contribution >= 4 is 28.1 Å². The van der Waals surface area contributed by atoms with Crippen molar-refractivity contribution in [2.75, 3.05) is 4.90 Å². The summed E-state index contributed by atoms with van der Waals surface area (Å²) >= 11 is 0. The van der Waals surface area contributed by atoms with Crippen LogP contribution in [0.1, 0.15) is 47.5 Å². The molecule has 3 nitrogen and oxygen atoms in total. The molecular weight excluding hydrogens is 751 g/mol. The molecule has 292 valence electrons. The second-order valence-electron chi connectivity index (χ2n) is 17.5. The Bertz CT molecular complexity index is 3430. The van der Waals surface area contributed by atoms with Crippen molar-refractivity contribution in [3.8, 4) is 50.2 Å².